The van der Waals surface area contributed by atoms with E-state index in [0.29, 0.717) is 22.7 Å². The molecule has 0 unspecified atom stereocenters. The van der Waals surface area contributed by atoms with Crippen molar-refractivity contribution in [2.75, 3.05) is 26.6 Å². The maximum atomic E-state index is 12.6. The van der Waals surface area contributed by atoms with Gasteiger partial charge in [-0.1, -0.05) is 6.07 Å². The summed E-state index contributed by atoms with van der Waals surface area (Å²) in [6, 6.07) is 9.52. The van der Waals surface area contributed by atoms with Crippen molar-refractivity contribution >= 4 is 21.6 Å². The first-order valence-electron chi connectivity index (χ1n) is 7.40. The van der Waals surface area contributed by atoms with Crippen molar-refractivity contribution in [1.29, 1.82) is 0 Å². The number of anilines is 1. The summed E-state index contributed by atoms with van der Waals surface area (Å²) in [5.74, 6) is 0.453. The molecule has 2 aromatic rings. The molecule has 0 aliphatic carbocycles. The lowest BCUT2D eigenvalue weighted by atomic mass is 10.1. The van der Waals surface area contributed by atoms with Crippen molar-refractivity contribution in [1.82, 2.24) is 4.72 Å². The van der Waals surface area contributed by atoms with Crippen LogP contribution >= 0.6 is 0 Å². The van der Waals surface area contributed by atoms with Crippen LogP contribution in [-0.2, 0) is 10.0 Å². The molecule has 0 saturated carbocycles. The van der Waals surface area contributed by atoms with Crippen LogP contribution in [0.15, 0.2) is 41.3 Å². The van der Waals surface area contributed by atoms with Gasteiger partial charge in [-0.05, 0) is 49.9 Å². The molecular weight excluding hydrogens is 344 g/mol. The second-order valence-electron chi connectivity index (χ2n) is 5.21. The van der Waals surface area contributed by atoms with Gasteiger partial charge in [0, 0.05) is 5.69 Å². The Morgan fingerprint density at radius 1 is 1.04 bits per heavy atom. The first kappa shape index (κ1) is 18.8. The second kappa shape index (κ2) is 7.54. The Kier molecular flexibility index (Phi) is 5.66. The summed E-state index contributed by atoms with van der Waals surface area (Å²) < 4.78 is 36.7. The van der Waals surface area contributed by atoms with E-state index in [0.717, 1.165) is 0 Å². The van der Waals surface area contributed by atoms with Gasteiger partial charge in [0.05, 0.1) is 24.7 Å². The molecule has 0 spiro atoms. The third-order valence-corrected chi connectivity index (χ3v) is 5.21. The molecule has 0 aromatic heterocycles. The number of hydrogen-bond acceptors (Lipinski definition) is 5. The number of nitrogens with one attached hydrogen (secondary N) is 2. The van der Waals surface area contributed by atoms with Crippen molar-refractivity contribution in [2.24, 2.45) is 0 Å². The topological polar surface area (TPSA) is 93.7 Å². The lowest BCUT2D eigenvalue weighted by Gasteiger charge is -2.13. The van der Waals surface area contributed by atoms with E-state index in [1.165, 1.54) is 27.3 Å². The second-order valence-corrected chi connectivity index (χ2v) is 7.06. The van der Waals surface area contributed by atoms with Crippen LogP contribution in [-0.4, -0.2) is 35.6 Å². The molecule has 0 aliphatic rings. The number of sulfonamides is 1. The largest absolute Gasteiger partial charge is 0.497 e. The Balaban J connectivity index is 2.38. The van der Waals surface area contributed by atoms with Crippen LogP contribution < -0.4 is 19.5 Å². The zero-order chi connectivity index (χ0) is 18.6. The third-order valence-electron chi connectivity index (χ3n) is 3.66. The SMILES string of the molecule is CNS(=O)(=O)c1cc(NC(=O)c2cc(OC)ccc2OC)ccc1C. The van der Waals surface area contributed by atoms with Crippen molar-refractivity contribution in [3.63, 3.8) is 0 Å². The number of rotatable bonds is 6. The quantitative estimate of drug-likeness (QED) is 0.819. The zero-order valence-electron chi connectivity index (χ0n) is 14.4. The summed E-state index contributed by atoms with van der Waals surface area (Å²) in [6.45, 7) is 1.68. The smallest absolute Gasteiger partial charge is 0.259 e. The summed E-state index contributed by atoms with van der Waals surface area (Å²) in [5.41, 5.74) is 1.21. The highest BCUT2D eigenvalue weighted by Gasteiger charge is 2.18. The van der Waals surface area contributed by atoms with Crippen LogP contribution in [0.25, 0.3) is 0 Å². The fourth-order valence-electron chi connectivity index (χ4n) is 2.27. The Morgan fingerprint density at radius 3 is 2.36 bits per heavy atom. The molecule has 25 heavy (non-hydrogen) atoms. The molecule has 7 nitrogen and oxygen atoms in total. The average Bonchev–Trinajstić information content (AvgIpc) is 2.62. The van der Waals surface area contributed by atoms with E-state index in [1.54, 1.807) is 37.3 Å². The van der Waals surface area contributed by atoms with Gasteiger partial charge in [0.25, 0.3) is 5.91 Å². The molecule has 2 N–H and O–H groups in total. The number of benzene rings is 2. The molecule has 0 heterocycles. The molecule has 0 atom stereocenters. The van der Waals surface area contributed by atoms with Gasteiger partial charge in [-0.25, -0.2) is 13.1 Å². The molecule has 0 radical (unpaired) electrons. The van der Waals surface area contributed by atoms with Gasteiger partial charge in [-0.15, -0.1) is 0 Å². The van der Waals surface area contributed by atoms with E-state index in [4.69, 9.17) is 9.47 Å². The lowest BCUT2D eigenvalue weighted by molar-refractivity contribution is 0.102. The van der Waals surface area contributed by atoms with Gasteiger partial charge >= 0.3 is 0 Å². The van der Waals surface area contributed by atoms with Crippen LogP contribution in [0.2, 0.25) is 0 Å². The molecule has 0 saturated heterocycles. The summed E-state index contributed by atoms with van der Waals surface area (Å²) in [4.78, 5) is 12.7. The Labute approximate surface area is 147 Å². The predicted molar refractivity (Wildman–Crippen MR) is 94.9 cm³/mol. The number of amides is 1. The molecule has 0 fully saturated rings. The highest BCUT2D eigenvalue weighted by molar-refractivity contribution is 7.89. The number of aryl methyl sites for hydroxylation is 1. The molecule has 1 amide bonds. The molecule has 2 aromatic carbocycles. The summed E-state index contributed by atoms with van der Waals surface area (Å²) >= 11 is 0. The van der Waals surface area contributed by atoms with Crippen LogP contribution in [0, 0.1) is 6.92 Å². The Bertz CT molecular complexity index is 894. The van der Waals surface area contributed by atoms with Gasteiger partial charge < -0.3 is 14.8 Å². The van der Waals surface area contributed by atoms with Gasteiger partial charge in [0.15, 0.2) is 0 Å². The Morgan fingerprint density at radius 2 is 1.76 bits per heavy atom. The molecule has 2 rings (SSSR count). The van der Waals surface area contributed by atoms with E-state index in [2.05, 4.69) is 10.0 Å². The summed E-state index contributed by atoms with van der Waals surface area (Å²) in [5, 5.41) is 2.68. The van der Waals surface area contributed by atoms with Gasteiger partial charge in [0.2, 0.25) is 10.0 Å². The van der Waals surface area contributed by atoms with Crippen LogP contribution in [0.3, 0.4) is 0 Å². The average molecular weight is 364 g/mol. The summed E-state index contributed by atoms with van der Waals surface area (Å²) in [7, 11) is 0.672. The highest BCUT2D eigenvalue weighted by Crippen LogP contribution is 2.26. The number of methoxy groups -OCH3 is 2. The Hall–Kier alpha value is -2.58. The predicted octanol–water partition coefficient (Wildman–Crippen LogP) is 2.17. The summed E-state index contributed by atoms with van der Waals surface area (Å²) in [6.07, 6.45) is 0. The number of carbonyl (C=O) groups excluding carboxylic acids is 1. The fraction of sp³-hybridized carbons (Fsp3) is 0.235. The van der Waals surface area contributed by atoms with Crippen molar-refractivity contribution in [3.8, 4) is 11.5 Å². The minimum Gasteiger partial charge on any atom is -0.497 e. The van der Waals surface area contributed by atoms with Crippen LogP contribution in [0.1, 0.15) is 15.9 Å². The first-order valence-corrected chi connectivity index (χ1v) is 8.88. The van der Waals surface area contributed by atoms with Gasteiger partial charge in [-0.2, -0.15) is 0 Å². The number of ether oxygens (including phenoxy) is 2. The van der Waals surface area contributed by atoms with E-state index in [-0.39, 0.29) is 10.5 Å². The zero-order valence-corrected chi connectivity index (χ0v) is 15.2. The van der Waals surface area contributed by atoms with E-state index < -0.39 is 15.9 Å². The molecule has 0 bridgehead atoms. The van der Waals surface area contributed by atoms with Crippen LogP contribution in [0.5, 0.6) is 11.5 Å². The maximum absolute atomic E-state index is 12.6. The number of hydrogen-bond donors (Lipinski definition) is 2. The van der Waals surface area contributed by atoms with Crippen molar-refractivity contribution < 1.29 is 22.7 Å². The van der Waals surface area contributed by atoms with E-state index >= 15 is 0 Å². The van der Waals surface area contributed by atoms with Gasteiger partial charge in [0.1, 0.15) is 11.5 Å². The molecular formula is C17H20N2O5S. The molecule has 0 aliphatic heterocycles. The van der Waals surface area contributed by atoms with Crippen molar-refractivity contribution in [3.05, 3.63) is 47.5 Å². The maximum Gasteiger partial charge on any atom is 0.259 e. The van der Waals surface area contributed by atoms with E-state index in [1.807, 2.05) is 0 Å². The van der Waals surface area contributed by atoms with E-state index in [9.17, 15) is 13.2 Å². The minimum absolute atomic E-state index is 0.102. The highest BCUT2D eigenvalue weighted by atomic mass is 32.2. The number of carbonyl (C=O) groups is 1. The minimum atomic E-state index is -3.62. The molecule has 134 valence electrons. The monoisotopic (exact) mass is 364 g/mol. The fourth-order valence-corrected chi connectivity index (χ4v) is 3.26. The van der Waals surface area contributed by atoms with Crippen LogP contribution in [0.4, 0.5) is 5.69 Å². The standard InChI is InChI=1S/C17H20N2O5S/c1-11-5-6-12(9-16(11)25(21,22)18-2)19-17(20)14-10-13(23-3)7-8-15(14)24-4/h5-10,18H,1-4H3,(H,19,20). The third kappa shape index (κ3) is 4.09. The lowest BCUT2D eigenvalue weighted by Crippen LogP contribution is -2.20. The van der Waals surface area contributed by atoms with Gasteiger partial charge in [-0.3, -0.25) is 4.79 Å². The van der Waals surface area contributed by atoms with Crippen molar-refractivity contribution in [2.45, 2.75) is 11.8 Å². The molecule has 8 heteroatoms. The first-order chi connectivity index (χ1) is 11.8. The normalized spacial score (nSPS) is 11.0.